The molecule has 0 aromatic rings. The average Bonchev–Trinajstić information content (AvgIpc) is 3.56. The van der Waals surface area contributed by atoms with Crippen LogP contribution in [0.1, 0.15) is 202 Å². The van der Waals surface area contributed by atoms with Crippen molar-refractivity contribution in [2.75, 3.05) is 47.5 Å². The van der Waals surface area contributed by atoms with Crippen LogP contribution < -0.4 is 0 Å². The van der Waals surface area contributed by atoms with Crippen molar-refractivity contribution in [2.45, 2.75) is 220 Å². The van der Waals surface area contributed by atoms with Gasteiger partial charge in [0.1, 0.15) is 19.3 Å². The van der Waals surface area contributed by atoms with E-state index in [1.54, 1.807) is 0 Å². The number of unbranched alkanes of at least 4 members (excludes halogenated alkanes) is 13. The van der Waals surface area contributed by atoms with E-state index in [0.717, 1.165) is 74.5 Å². The average molecular weight is 895 g/mol. The van der Waals surface area contributed by atoms with Crippen LogP contribution in [0.5, 0.6) is 0 Å². The van der Waals surface area contributed by atoms with Gasteiger partial charge in [-0.1, -0.05) is 156 Å². The number of carboxylic acid groups (broad SMARTS) is 1. The van der Waals surface area contributed by atoms with Gasteiger partial charge in [0.05, 0.1) is 33.9 Å². The van der Waals surface area contributed by atoms with Crippen LogP contribution in [0.25, 0.3) is 0 Å². The highest BCUT2D eigenvalue weighted by Gasteiger charge is 2.59. The Morgan fingerprint density at radius 3 is 2.03 bits per heavy atom. The van der Waals surface area contributed by atoms with Gasteiger partial charge in [0, 0.05) is 6.61 Å². The Hall–Kier alpha value is -0.800. The van der Waals surface area contributed by atoms with Gasteiger partial charge >= 0.3 is 13.8 Å². The number of hydrogen-bond donors (Lipinski definition) is 2. The van der Waals surface area contributed by atoms with E-state index in [2.05, 4.69) is 47.6 Å². The highest BCUT2D eigenvalue weighted by Crippen LogP contribution is 2.67. The Balaban J connectivity index is 1.32. The van der Waals surface area contributed by atoms with Crippen molar-refractivity contribution in [1.29, 1.82) is 0 Å². The Morgan fingerprint density at radius 1 is 0.806 bits per heavy atom. The number of carbonyl (C=O) groups is 1. The first-order valence-corrected chi connectivity index (χ1v) is 27.5. The molecule has 7 unspecified atom stereocenters. The van der Waals surface area contributed by atoms with Gasteiger partial charge in [0.25, 0.3) is 0 Å². The van der Waals surface area contributed by atoms with Crippen molar-refractivity contribution >= 4 is 13.8 Å². The van der Waals surface area contributed by atoms with Crippen molar-refractivity contribution in [3.05, 3.63) is 11.6 Å². The number of aliphatic carboxylic acids is 1. The van der Waals surface area contributed by atoms with Crippen LogP contribution in [0, 0.1) is 46.3 Å². The van der Waals surface area contributed by atoms with Crippen molar-refractivity contribution in [2.24, 2.45) is 46.3 Å². The minimum Gasteiger partial charge on any atom is -0.479 e. The molecule has 10 heteroatoms. The molecule has 0 bridgehead atoms. The fourth-order valence-corrected chi connectivity index (χ4v) is 13.4. The lowest BCUT2D eigenvalue weighted by Crippen LogP contribution is -2.51. The van der Waals surface area contributed by atoms with Crippen molar-refractivity contribution < 1.29 is 42.4 Å². The summed E-state index contributed by atoms with van der Waals surface area (Å²) in [6, 6.07) is 0. The zero-order valence-corrected chi connectivity index (χ0v) is 42.4. The van der Waals surface area contributed by atoms with Crippen molar-refractivity contribution in [1.82, 2.24) is 0 Å². The first-order chi connectivity index (χ1) is 29.4. The Kier molecular flexibility index (Phi) is 22.5. The molecule has 0 amide bonds. The minimum atomic E-state index is -4.44. The number of fused-ring (bicyclic) bond motifs is 5. The van der Waals surface area contributed by atoms with Gasteiger partial charge in [-0.3, -0.25) is 9.05 Å². The second-order valence-electron chi connectivity index (χ2n) is 22.7. The third kappa shape index (κ3) is 16.5. The molecule has 0 spiro atoms. The largest absolute Gasteiger partial charge is 0.479 e. The summed E-state index contributed by atoms with van der Waals surface area (Å²) in [5.74, 6) is 3.45. The van der Waals surface area contributed by atoms with E-state index >= 15 is 0 Å². The van der Waals surface area contributed by atoms with Crippen LogP contribution in [0.2, 0.25) is 0 Å². The fraction of sp³-hybridized carbons (Fsp3) is 0.942. The molecule has 2 N–H and O–H groups in total. The zero-order valence-electron chi connectivity index (χ0n) is 41.5. The number of nitrogens with zero attached hydrogens (tertiary/aromatic N) is 1. The molecule has 0 aliphatic heterocycles. The summed E-state index contributed by atoms with van der Waals surface area (Å²) < 4.78 is 37.0. The summed E-state index contributed by atoms with van der Waals surface area (Å²) in [7, 11) is 1.49. The van der Waals surface area contributed by atoms with Crippen molar-refractivity contribution in [3.8, 4) is 0 Å². The quantitative estimate of drug-likeness (QED) is 0.0297. The molecule has 3 saturated carbocycles. The first-order valence-electron chi connectivity index (χ1n) is 26.0. The molecule has 362 valence electrons. The predicted octanol–water partition coefficient (Wildman–Crippen LogP) is 13.6. The van der Waals surface area contributed by atoms with E-state index in [1.165, 1.54) is 121 Å². The first kappa shape index (κ1) is 53.8. The number of phosphoric acid groups is 1. The molecule has 0 aromatic carbocycles. The van der Waals surface area contributed by atoms with Gasteiger partial charge in [0.2, 0.25) is 0 Å². The molecule has 4 aliphatic rings. The Morgan fingerprint density at radius 2 is 1.44 bits per heavy atom. The lowest BCUT2D eigenvalue weighted by molar-refractivity contribution is -0.870. The number of phosphoric ester groups is 1. The van der Waals surface area contributed by atoms with Gasteiger partial charge < -0.3 is 24.0 Å². The maximum Gasteiger partial charge on any atom is 0.472 e. The number of rotatable bonds is 32. The molecule has 0 saturated heterocycles. The third-order valence-electron chi connectivity index (χ3n) is 16.4. The molecule has 0 aromatic heterocycles. The molecular weight excluding hydrogens is 798 g/mol. The van der Waals surface area contributed by atoms with Gasteiger partial charge in [-0.15, -0.1) is 0 Å². The smallest absolute Gasteiger partial charge is 0.472 e. The van der Waals surface area contributed by atoms with E-state index in [-0.39, 0.29) is 18.1 Å². The van der Waals surface area contributed by atoms with Gasteiger partial charge in [0.15, 0.2) is 6.10 Å². The third-order valence-corrected chi connectivity index (χ3v) is 17.4. The lowest BCUT2D eigenvalue weighted by Gasteiger charge is -2.58. The molecule has 3 fully saturated rings. The highest BCUT2D eigenvalue weighted by atomic mass is 31.2. The summed E-state index contributed by atoms with van der Waals surface area (Å²) in [4.78, 5) is 23.6. The number of hydrogen-bond acceptors (Lipinski definition) is 6. The summed E-state index contributed by atoms with van der Waals surface area (Å²) in [6.07, 6.45) is 30.4. The molecule has 0 radical (unpaired) electrons. The van der Waals surface area contributed by atoms with E-state index < -0.39 is 32.6 Å². The second kappa shape index (κ2) is 25.9. The second-order valence-corrected chi connectivity index (χ2v) is 24.1. The summed E-state index contributed by atoms with van der Waals surface area (Å²) in [6.45, 7) is 15.1. The van der Waals surface area contributed by atoms with Crippen LogP contribution in [-0.2, 0) is 27.9 Å². The van der Waals surface area contributed by atoms with E-state index in [0.29, 0.717) is 29.0 Å². The fourth-order valence-electron chi connectivity index (χ4n) is 12.7. The van der Waals surface area contributed by atoms with Gasteiger partial charge in [-0.25, -0.2) is 9.36 Å². The Bertz CT molecular complexity index is 1380. The monoisotopic (exact) mass is 895 g/mol. The van der Waals surface area contributed by atoms with Crippen LogP contribution in [0.15, 0.2) is 11.6 Å². The van der Waals surface area contributed by atoms with Gasteiger partial charge in [-0.2, -0.15) is 0 Å². The number of carboxylic acids is 1. The zero-order chi connectivity index (χ0) is 45.4. The summed E-state index contributed by atoms with van der Waals surface area (Å²) in [5.41, 5.74) is 2.00. The molecule has 11 atom stereocenters. The summed E-state index contributed by atoms with van der Waals surface area (Å²) >= 11 is 0. The van der Waals surface area contributed by atoms with E-state index in [4.69, 9.17) is 18.5 Å². The number of likely N-dealkylation sites (N-methyl/N-ethyl adjacent to an activating group) is 1. The van der Waals surface area contributed by atoms with E-state index in [9.17, 15) is 19.4 Å². The molecular formula is C52H97NO8P+. The maximum atomic E-state index is 13.0. The van der Waals surface area contributed by atoms with Gasteiger partial charge in [-0.05, 0) is 104 Å². The van der Waals surface area contributed by atoms with Crippen LogP contribution in [0.4, 0.5) is 0 Å². The molecule has 0 heterocycles. The molecule has 4 aliphatic carbocycles. The molecule has 62 heavy (non-hydrogen) atoms. The summed E-state index contributed by atoms with van der Waals surface area (Å²) in [5, 5.41) is 10.6. The predicted molar refractivity (Wildman–Crippen MR) is 254 cm³/mol. The molecule has 9 nitrogen and oxygen atoms in total. The minimum absolute atomic E-state index is 0.0383. The van der Waals surface area contributed by atoms with Crippen LogP contribution in [0.3, 0.4) is 0 Å². The van der Waals surface area contributed by atoms with Crippen LogP contribution >= 0.6 is 7.82 Å². The normalized spacial score (nSPS) is 29.9. The topological polar surface area (TPSA) is 112 Å². The highest BCUT2D eigenvalue weighted by molar-refractivity contribution is 7.47. The number of quaternary nitrogens is 1. The lowest BCUT2D eigenvalue weighted by atomic mass is 9.47. The van der Waals surface area contributed by atoms with Crippen LogP contribution in [-0.4, -0.2) is 86.3 Å². The number of ether oxygens (including phenoxy) is 2. The Labute approximate surface area is 380 Å². The molecule has 4 rings (SSSR count). The SMILES string of the molecule is CCCCCCCCCCCCCCCCOC(COP(=O)(O)OCC[N+](C)(C)C)C(OC1CC[C@@]2(C)C(=CCC3C2CC[C@@]2(C)C3CC[C@@H]2[C@H](C)CCCC(C)C)C1)C(=O)O. The van der Waals surface area contributed by atoms with E-state index in [1.807, 2.05) is 21.1 Å². The standard InChI is InChI=1S/C52H96NO8P/c1-10-11-12-13-14-15-16-17-18-19-20-21-22-23-36-58-48(39-60-62(56,57)59-37-35-53(7,8)9)49(50(54)55)61-43-31-33-51(5)42(38-43)27-28-44-46-30-29-45(41(4)26-24-25-40(2)3)52(46,6)34-32-47(44)51/h27,40-41,43-49H,10-26,28-39H2,1-9H3,(H-,54,55,56,57)/p+1/t41-,43?,44?,45-,46?,47?,48?,49?,51+,52-/m1/s1. The maximum absolute atomic E-state index is 13.0. The number of allylic oxidation sites excluding steroid dienone is 1. The van der Waals surface area contributed by atoms with Crippen molar-refractivity contribution in [3.63, 3.8) is 0 Å².